The second-order valence-corrected chi connectivity index (χ2v) is 6.51. The van der Waals surface area contributed by atoms with Gasteiger partial charge < -0.3 is 19.5 Å². The van der Waals surface area contributed by atoms with Gasteiger partial charge in [0.2, 0.25) is 0 Å². The number of carboxylic acids is 1. The van der Waals surface area contributed by atoms with Crippen molar-refractivity contribution in [2.45, 2.75) is 19.4 Å². The van der Waals surface area contributed by atoms with Crippen molar-refractivity contribution in [3.05, 3.63) is 23.8 Å². The Hall–Kier alpha value is -1.79. The first-order chi connectivity index (χ1) is 11.5. The average molecular weight is 336 g/mol. The fourth-order valence-corrected chi connectivity index (χ4v) is 2.98. The number of ether oxygens (including phenoxy) is 2. The van der Waals surface area contributed by atoms with Gasteiger partial charge in [-0.3, -0.25) is 9.69 Å². The molecule has 0 amide bonds. The first kappa shape index (κ1) is 18.5. The first-order valence-corrected chi connectivity index (χ1v) is 8.39. The predicted octanol–water partition coefficient (Wildman–Crippen LogP) is 1.93. The molecule has 0 aliphatic carbocycles. The smallest absolute Gasteiger partial charge is 0.307 e. The van der Waals surface area contributed by atoms with E-state index in [4.69, 9.17) is 9.47 Å². The van der Waals surface area contributed by atoms with Crippen molar-refractivity contribution in [3.63, 3.8) is 0 Å². The minimum absolute atomic E-state index is 0.275. The van der Waals surface area contributed by atoms with Crippen LogP contribution in [0, 0.1) is 5.92 Å². The number of para-hydroxylation sites is 1. The van der Waals surface area contributed by atoms with Crippen LogP contribution in [0.2, 0.25) is 0 Å². The third-order valence-corrected chi connectivity index (χ3v) is 4.31. The van der Waals surface area contributed by atoms with Gasteiger partial charge in [0.15, 0.2) is 11.5 Å². The topological polar surface area (TPSA) is 62.2 Å². The molecule has 0 radical (unpaired) electrons. The first-order valence-electron chi connectivity index (χ1n) is 8.39. The zero-order valence-electron chi connectivity index (χ0n) is 14.8. The van der Waals surface area contributed by atoms with Crippen molar-refractivity contribution in [2.75, 3.05) is 47.4 Å². The molecule has 0 bridgehead atoms. The van der Waals surface area contributed by atoms with E-state index in [0.29, 0.717) is 19.7 Å². The molecule has 1 aromatic rings. The van der Waals surface area contributed by atoms with Gasteiger partial charge in [0.05, 0.1) is 13.0 Å². The zero-order chi connectivity index (χ0) is 17.5. The Morgan fingerprint density at radius 2 is 2.21 bits per heavy atom. The van der Waals surface area contributed by atoms with Crippen LogP contribution in [0.3, 0.4) is 0 Å². The van der Waals surface area contributed by atoms with Crippen LogP contribution in [0.15, 0.2) is 18.2 Å². The molecule has 1 aliphatic rings. The highest BCUT2D eigenvalue weighted by molar-refractivity contribution is 5.70. The number of rotatable bonds is 8. The van der Waals surface area contributed by atoms with Gasteiger partial charge in [-0.1, -0.05) is 12.1 Å². The van der Waals surface area contributed by atoms with Crippen molar-refractivity contribution in [3.8, 4) is 11.5 Å². The van der Waals surface area contributed by atoms with E-state index in [2.05, 4.69) is 9.80 Å². The third-order valence-electron chi connectivity index (χ3n) is 4.31. The summed E-state index contributed by atoms with van der Waals surface area (Å²) in [6.07, 6.45) is 1.67. The molecule has 1 atom stereocenters. The van der Waals surface area contributed by atoms with Gasteiger partial charge in [0, 0.05) is 25.2 Å². The van der Waals surface area contributed by atoms with Gasteiger partial charge >= 0.3 is 5.97 Å². The Bertz CT molecular complexity index is 548. The van der Waals surface area contributed by atoms with E-state index in [-0.39, 0.29) is 5.92 Å². The van der Waals surface area contributed by atoms with Crippen LogP contribution in [-0.2, 0) is 11.3 Å². The van der Waals surface area contributed by atoms with Crippen LogP contribution < -0.4 is 9.47 Å². The van der Waals surface area contributed by atoms with E-state index in [1.54, 1.807) is 7.11 Å². The van der Waals surface area contributed by atoms with E-state index < -0.39 is 5.97 Å². The molecule has 134 valence electrons. The summed E-state index contributed by atoms with van der Waals surface area (Å²) in [5.74, 6) is 0.507. The molecule has 1 aliphatic heterocycles. The maximum atomic E-state index is 11.2. The molecule has 6 nitrogen and oxygen atoms in total. The van der Waals surface area contributed by atoms with E-state index in [0.717, 1.165) is 43.0 Å². The van der Waals surface area contributed by atoms with Crippen LogP contribution >= 0.6 is 0 Å². The number of likely N-dealkylation sites (tertiary alicyclic amines) is 1. The van der Waals surface area contributed by atoms with E-state index in [1.807, 2.05) is 32.3 Å². The molecule has 1 fully saturated rings. The van der Waals surface area contributed by atoms with E-state index in [1.165, 1.54) is 0 Å². The number of carboxylic acid groups (broad SMARTS) is 1. The quantitative estimate of drug-likeness (QED) is 0.783. The minimum atomic E-state index is -0.701. The maximum absolute atomic E-state index is 11.2. The molecule has 6 heteroatoms. The van der Waals surface area contributed by atoms with Crippen LogP contribution in [0.4, 0.5) is 0 Å². The van der Waals surface area contributed by atoms with Gasteiger partial charge in [0.1, 0.15) is 6.61 Å². The summed E-state index contributed by atoms with van der Waals surface area (Å²) in [4.78, 5) is 15.5. The number of hydrogen-bond acceptors (Lipinski definition) is 5. The summed E-state index contributed by atoms with van der Waals surface area (Å²) in [5, 5.41) is 9.25. The monoisotopic (exact) mass is 336 g/mol. The lowest BCUT2D eigenvalue weighted by Gasteiger charge is -2.31. The molecule has 2 rings (SSSR count). The van der Waals surface area contributed by atoms with Crippen molar-refractivity contribution in [1.29, 1.82) is 0 Å². The van der Waals surface area contributed by atoms with E-state index in [9.17, 15) is 9.90 Å². The van der Waals surface area contributed by atoms with Crippen molar-refractivity contribution < 1.29 is 19.4 Å². The number of aliphatic carboxylic acids is 1. The SMILES string of the molecule is COc1cccc(CN2CCC[C@H](C(=O)O)C2)c1OCCN(C)C. The molecule has 0 saturated carbocycles. The normalized spacial score (nSPS) is 18.6. The second kappa shape index (κ2) is 8.89. The summed E-state index contributed by atoms with van der Waals surface area (Å²) < 4.78 is 11.4. The standard InChI is InChI=1S/C18H28N2O4/c1-19(2)10-11-24-17-14(6-4-8-16(17)23-3)12-20-9-5-7-15(13-20)18(21)22/h4,6,8,15H,5,7,9-13H2,1-3H3,(H,21,22)/t15-/m0/s1. The molecular weight excluding hydrogens is 308 g/mol. The summed E-state index contributed by atoms with van der Waals surface area (Å²) in [6.45, 7) is 3.58. The molecular formula is C18H28N2O4. The molecule has 1 N–H and O–H groups in total. The lowest BCUT2D eigenvalue weighted by molar-refractivity contribution is -0.143. The number of carbonyl (C=O) groups is 1. The zero-order valence-corrected chi connectivity index (χ0v) is 14.8. The molecule has 0 spiro atoms. The number of piperidine rings is 1. The van der Waals surface area contributed by atoms with Crippen LogP contribution in [0.25, 0.3) is 0 Å². The summed E-state index contributed by atoms with van der Waals surface area (Å²) in [6, 6.07) is 5.87. The Kier molecular flexibility index (Phi) is 6.87. The van der Waals surface area contributed by atoms with Crippen LogP contribution in [0.1, 0.15) is 18.4 Å². The number of methoxy groups -OCH3 is 1. The molecule has 0 aromatic heterocycles. The highest BCUT2D eigenvalue weighted by Gasteiger charge is 2.26. The molecule has 0 unspecified atom stereocenters. The Balaban J connectivity index is 2.09. The largest absolute Gasteiger partial charge is 0.493 e. The minimum Gasteiger partial charge on any atom is -0.493 e. The number of likely N-dealkylation sites (N-methyl/N-ethyl adjacent to an activating group) is 1. The van der Waals surface area contributed by atoms with E-state index >= 15 is 0 Å². The van der Waals surface area contributed by atoms with Crippen molar-refractivity contribution in [2.24, 2.45) is 5.92 Å². The van der Waals surface area contributed by atoms with Crippen molar-refractivity contribution >= 4 is 5.97 Å². The summed E-state index contributed by atoms with van der Waals surface area (Å²) in [5.41, 5.74) is 1.04. The van der Waals surface area contributed by atoms with Gasteiger partial charge in [-0.15, -0.1) is 0 Å². The van der Waals surface area contributed by atoms with Gasteiger partial charge in [-0.2, -0.15) is 0 Å². The van der Waals surface area contributed by atoms with Gasteiger partial charge in [-0.05, 0) is 39.5 Å². The van der Waals surface area contributed by atoms with Gasteiger partial charge in [0.25, 0.3) is 0 Å². The fraction of sp³-hybridized carbons (Fsp3) is 0.611. The lowest BCUT2D eigenvalue weighted by Crippen LogP contribution is -2.38. The Morgan fingerprint density at radius 1 is 1.42 bits per heavy atom. The molecule has 1 saturated heterocycles. The highest BCUT2D eigenvalue weighted by Crippen LogP contribution is 2.32. The molecule has 1 heterocycles. The van der Waals surface area contributed by atoms with Crippen molar-refractivity contribution in [1.82, 2.24) is 9.80 Å². The Labute approximate surface area is 144 Å². The predicted molar refractivity (Wildman–Crippen MR) is 92.7 cm³/mol. The van der Waals surface area contributed by atoms with Crippen LogP contribution in [0.5, 0.6) is 11.5 Å². The maximum Gasteiger partial charge on any atom is 0.307 e. The fourth-order valence-electron chi connectivity index (χ4n) is 2.98. The number of benzene rings is 1. The highest BCUT2D eigenvalue weighted by atomic mass is 16.5. The Morgan fingerprint density at radius 3 is 2.88 bits per heavy atom. The summed E-state index contributed by atoms with van der Waals surface area (Å²) >= 11 is 0. The number of hydrogen-bond donors (Lipinski definition) is 1. The average Bonchev–Trinajstić information content (AvgIpc) is 2.56. The molecule has 1 aromatic carbocycles. The third kappa shape index (κ3) is 5.11. The molecule has 24 heavy (non-hydrogen) atoms. The van der Waals surface area contributed by atoms with Crippen LogP contribution in [-0.4, -0.2) is 68.3 Å². The lowest BCUT2D eigenvalue weighted by atomic mass is 9.98. The summed E-state index contributed by atoms with van der Waals surface area (Å²) in [7, 11) is 5.65. The van der Waals surface area contributed by atoms with Gasteiger partial charge in [-0.25, -0.2) is 0 Å². The number of nitrogens with zero attached hydrogens (tertiary/aromatic N) is 2. The second-order valence-electron chi connectivity index (χ2n) is 6.51.